The second-order valence-corrected chi connectivity index (χ2v) is 9.90. The summed E-state index contributed by atoms with van der Waals surface area (Å²) in [6.45, 7) is 6.06. The van der Waals surface area contributed by atoms with Crippen molar-refractivity contribution >= 4 is 11.9 Å². The Hall–Kier alpha value is -3.37. The Balaban J connectivity index is 1.67. The number of rotatable bonds is 8. The Labute approximate surface area is 207 Å². The number of Topliss-reactive ketones (excluding diaryl/α,β-unsaturated/α-hetero) is 1. The third kappa shape index (κ3) is 7.30. The summed E-state index contributed by atoms with van der Waals surface area (Å²) in [5.41, 5.74) is 1.35. The Kier molecular flexibility index (Phi) is 8.52. The van der Waals surface area contributed by atoms with E-state index in [-0.39, 0.29) is 12.2 Å². The summed E-state index contributed by atoms with van der Waals surface area (Å²) in [7, 11) is 1.64. The van der Waals surface area contributed by atoms with Crippen LogP contribution in [0.15, 0.2) is 48.5 Å². The van der Waals surface area contributed by atoms with Crippen molar-refractivity contribution in [3.05, 3.63) is 54.1 Å². The zero-order chi connectivity index (χ0) is 25.5. The van der Waals surface area contributed by atoms with Crippen molar-refractivity contribution in [3.63, 3.8) is 0 Å². The Morgan fingerprint density at radius 2 is 1.63 bits per heavy atom. The molecule has 0 bridgehead atoms. The largest absolute Gasteiger partial charge is 0.497 e. The van der Waals surface area contributed by atoms with E-state index in [0.29, 0.717) is 32.5 Å². The van der Waals surface area contributed by atoms with Gasteiger partial charge in [0.2, 0.25) is 0 Å². The average Bonchev–Trinajstić information content (AvgIpc) is 2.83. The monoisotopic (exact) mass is 478 g/mol. The van der Waals surface area contributed by atoms with Gasteiger partial charge in [0.25, 0.3) is 0 Å². The number of benzene rings is 2. The number of carbonyl (C=O) groups excluding carboxylic acids is 2. The lowest BCUT2D eigenvalue weighted by atomic mass is 9.80. The van der Waals surface area contributed by atoms with E-state index >= 15 is 0 Å². The van der Waals surface area contributed by atoms with E-state index in [4.69, 9.17) is 14.2 Å². The summed E-state index contributed by atoms with van der Waals surface area (Å²) >= 11 is 0. The molecule has 1 fully saturated rings. The molecule has 1 amide bonds. The lowest BCUT2D eigenvalue weighted by Crippen LogP contribution is -2.58. The molecular weight excluding hydrogens is 444 g/mol. The van der Waals surface area contributed by atoms with Gasteiger partial charge in [0.15, 0.2) is 5.78 Å². The van der Waals surface area contributed by atoms with Crippen LogP contribution in [0.5, 0.6) is 5.75 Å². The second-order valence-electron chi connectivity index (χ2n) is 9.90. The van der Waals surface area contributed by atoms with Crippen LogP contribution < -0.4 is 10.1 Å². The highest BCUT2D eigenvalue weighted by Crippen LogP contribution is 2.28. The van der Waals surface area contributed by atoms with Gasteiger partial charge < -0.3 is 19.5 Å². The number of alkyl carbamates (subject to hydrolysis) is 1. The molecule has 2 aromatic rings. The number of methoxy groups -OCH3 is 1. The van der Waals surface area contributed by atoms with E-state index in [2.05, 4.69) is 11.4 Å². The van der Waals surface area contributed by atoms with Crippen molar-refractivity contribution in [2.75, 3.05) is 20.3 Å². The van der Waals surface area contributed by atoms with Crippen molar-refractivity contribution in [1.29, 1.82) is 5.26 Å². The molecule has 0 unspecified atom stereocenters. The van der Waals surface area contributed by atoms with Gasteiger partial charge in [-0.15, -0.1) is 0 Å². The van der Waals surface area contributed by atoms with E-state index in [0.717, 1.165) is 22.4 Å². The lowest BCUT2D eigenvalue weighted by molar-refractivity contribution is -0.130. The second kappa shape index (κ2) is 11.4. The van der Waals surface area contributed by atoms with Crippen LogP contribution in [-0.2, 0) is 20.7 Å². The van der Waals surface area contributed by atoms with Gasteiger partial charge >= 0.3 is 6.09 Å². The molecule has 1 N–H and O–H groups in total. The van der Waals surface area contributed by atoms with E-state index in [9.17, 15) is 14.9 Å². The van der Waals surface area contributed by atoms with Gasteiger partial charge in [-0.05, 0) is 56.0 Å². The summed E-state index contributed by atoms with van der Waals surface area (Å²) in [5.74, 6) is 0.137. The molecular formula is C28H34N2O5. The van der Waals surface area contributed by atoms with E-state index < -0.39 is 23.2 Å². The minimum Gasteiger partial charge on any atom is -0.497 e. The normalized spacial score (nSPS) is 16.0. The van der Waals surface area contributed by atoms with Crippen LogP contribution in [0.2, 0.25) is 0 Å². The van der Waals surface area contributed by atoms with Crippen molar-refractivity contribution < 1.29 is 23.8 Å². The molecule has 0 aliphatic carbocycles. The van der Waals surface area contributed by atoms with E-state index in [1.165, 1.54) is 0 Å². The highest BCUT2D eigenvalue weighted by atomic mass is 16.6. The minimum atomic E-state index is -1.08. The number of hydrogen-bond donors (Lipinski definition) is 1. The van der Waals surface area contributed by atoms with Crippen molar-refractivity contribution in [2.24, 2.45) is 5.92 Å². The molecule has 0 aromatic heterocycles. The van der Waals surface area contributed by atoms with Crippen LogP contribution in [-0.4, -0.2) is 43.3 Å². The number of ether oxygens (including phenoxy) is 3. The van der Waals surface area contributed by atoms with Gasteiger partial charge in [-0.25, -0.2) is 4.79 Å². The predicted octanol–water partition coefficient (Wildman–Crippen LogP) is 5.08. The topological polar surface area (TPSA) is 97.7 Å². The third-order valence-corrected chi connectivity index (χ3v) is 6.09. The van der Waals surface area contributed by atoms with Crippen LogP contribution in [0.4, 0.5) is 4.79 Å². The molecule has 1 atom stereocenters. The lowest BCUT2D eigenvalue weighted by Gasteiger charge is -2.37. The van der Waals surface area contributed by atoms with Gasteiger partial charge in [0.05, 0.1) is 19.1 Å². The van der Waals surface area contributed by atoms with Gasteiger partial charge in [0, 0.05) is 32.5 Å². The van der Waals surface area contributed by atoms with Crippen molar-refractivity contribution in [3.8, 4) is 22.9 Å². The molecule has 35 heavy (non-hydrogen) atoms. The molecule has 1 heterocycles. The Morgan fingerprint density at radius 1 is 1.06 bits per heavy atom. The quantitative estimate of drug-likeness (QED) is 0.568. The average molecular weight is 479 g/mol. The van der Waals surface area contributed by atoms with Gasteiger partial charge in [-0.1, -0.05) is 36.4 Å². The fourth-order valence-corrected chi connectivity index (χ4v) is 4.18. The zero-order valence-corrected chi connectivity index (χ0v) is 20.9. The van der Waals surface area contributed by atoms with Crippen LogP contribution in [0.1, 0.15) is 45.6 Å². The molecule has 186 valence electrons. The molecule has 1 aliphatic rings. The van der Waals surface area contributed by atoms with Crippen LogP contribution >= 0.6 is 0 Å². The van der Waals surface area contributed by atoms with Crippen LogP contribution in [0.3, 0.4) is 0 Å². The SMILES string of the molecule is COc1ccc(-c2ccc(C[C@@H](C#N)CC(=O)C3(NC(=O)OC(C)(C)C)CCOCC3)cc2)cc1. The fraction of sp³-hybridized carbons (Fsp3) is 0.464. The first-order chi connectivity index (χ1) is 16.6. The van der Waals surface area contributed by atoms with Crippen LogP contribution in [0, 0.1) is 17.2 Å². The number of nitrogens with zero attached hydrogens (tertiary/aromatic N) is 1. The highest BCUT2D eigenvalue weighted by molar-refractivity contribution is 5.92. The van der Waals surface area contributed by atoms with E-state index in [1.54, 1.807) is 27.9 Å². The number of nitrogens with one attached hydrogen (secondary N) is 1. The third-order valence-electron chi connectivity index (χ3n) is 6.09. The minimum absolute atomic E-state index is 0.0481. The molecule has 2 aromatic carbocycles. The van der Waals surface area contributed by atoms with Crippen molar-refractivity contribution in [2.45, 2.75) is 57.6 Å². The maximum absolute atomic E-state index is 13.4. The molecule has 3 rings (SSSR count). The predicted molar refractivity (Wildman–Crippen MR) is 133 cm³/mol. The summed E-state index contributed by atoms with van der Waals surface area (Å²) in [6.07, 6.45) is 0.589. The number of nitriles is 1. The first-order valence-electron chi connectivity index (χ1n) is 11.9. The molecule has 0 saturated carbocycles. The van der Waals surface area contributed by atoms with Gasteiger partial charge in [-0.3, -0.25) is 4.79 Å². The molecule has 0 spiro atoms. The smallest absolute Gasteiger partial charge is 0.408 e. The number of amides is 1. The fourth-order valence-electron chi connectivity index (χ4n) is 4.18. The number of ketones is 1. The first-order valence-corrected chi connectivity index (χ1v) is 11.9. The van der Waals surface area contributed by atoms with E-state index in [1.807, 2.05) is 48.5 Å². The summed E-state index contributed by atoms with van der Waals surface area (Å²) in [5, 5.41) is 12.6. The van der Waals surface area contributed by atoms with Crippen molar-refractivity contribution in [1.82, 2.24) is 5.32 Å². The van der Waals surface area contributed by atoms with Gasteiger partial charge in [0.1, 0.15) is 16.9 Å². The number of hydrogen-bond acceptors (Lipinski definition) is 6. The summed E-state index contributed by atoms with van der Waals surface area (Å²) in [4.78, 5) is 25.9. The molecule has 1 aliphatic heterocycles. The number of carbonyl (C=O) groups is 2. The first kappa shape index (κ1) is 26.2. The standard InChI is InChI=1S/C28H34N2O5/c1-27(2,3)35-26(32)30-28(13-15-34-16-14-28)25(31)18-21(19-29)17-20-5-7-22(8-6-20)23-9-11-24(33-4)12-10-23/h5-12,21H,13-18H2,1-4H3,(H,30,32)/t21-/m1/s1. The maximum Gasteiger partial charge on any atom is 0.408 e. The highest BCUT2D eigenvalue weighted by Gasteiger charge is 2.42. The van der Waals surface area contributed by atoms with Crippen LogP contribution in [0.25, 0.3) is 11.1 Å². The summed E-state index contributed by atoms with van der Waals surface area (Å²) in [6, 6.07) is 18.1. The Morgan fingerprint density at radius 3 is 2.14 bits per heavy atom. The Bertz CT molecular complexity index is 1040. The zero-order valence-electron chi connectivity index (χ0n) is 20.9. The molecule has 7 heteroatoms. The van der Waals surface area contributed by atoms with Gasteiger partial charge in [-0.2, -0.15) is 5.26 Å². The molecule has 7 nitrogen and oxygen atoms in total. The molecule has 0 radical (unpaired) electrons. The summed E-state index contributed by atoms with van der Waals surface area (Å²) < 4.78 is 16.0. The maximum atomic E-state index is 13.4. The molecule has 1 saturated heterocycles.